The summed E-state index contributed by atoms with van der Waals surface area (Å²) in [5, 5.41) is 0. The molecule has 0 unspecified atom stereocenters. The molecule has 1 nitrogen and oxygen atoms in total. The van der Waals surface area contributed by atoms with Crippen molar-refractivity contribution in [1.82, 2.24) is 6.15 Å². The third kappa shape index (κ3) is 188. The predicted molar refractivity (Wildman–Crippen MR) is 39.1 cm³/mol. The van der Waals surface area contributed by atoms with Gasteiger partial charge in [0.15, 0.2) is 0 Å². The Kier molecular flexibility index (Phi) is 380. The topological polar surface area (TPSA) is 35.0 Å². The van der Waals surface area contributed by atoms with Crippen LogP contribution in [-0.2, 0) is 0 Å². The second-order valence-electron chi connectivity index (χ2n) is 0.707. The van der Waals surface area contributed by atoms with Gasteiger partial charge in [-0.2, -0.15) is 0 Å². The van der Waals surface area contributed by atoms with E-state index in [-0.39, 0.29) is 51.3 Å². The molecule has 0 aliphatic heterocycles. The standard InChI is InChI=1S/C3H8.C2H6.CH4.Ar.H3N/c1-3-2;1-2;;;/h3H2,1-2H3;1-2H3;1H4;;1H3. The molecule has 0 aliphatic rings. The molecule has 0 aliphatic carbocycles. The second kappa shape index (κ2) is 87.0. The number of hydrogen-bond donors (Lipinski definition) is 1. The molecular formula is C6H21ArN. The van der Waals surface area contributed by atoms with E-state index in [2.05, 4.69) is 13.8 Å². The van der Waals surface area contributed by atoms with Crippen LogP contribution in [0.4, 0.5) is 0 Å². The van der Waals surface area contributed by atoms with Gasteiger partial charge in [-0.25, -0.2) is 0 Å². The van der Waals surface area contributed by atoms with E-state index in [4.69, 9.17) is 0 Å². The summed E-state index contributed by atoms with van der Waals surface area (Å²) in [5.74, 6) is 0. The fourth-order valence-electron chi connectivity index (χ4n) is 0. The van der Waals surface area contributed by atoms with E-state index in [1.807, 2.05) is 13.8 Å². The monoisotopic (exact) mass is 147 g/mol. The minimum atomic E-state index is 0. The van der Waals surface area contributed by atoms with Gasteiger partial charge in [0.2, 0.25) is 0 Å². The largest absolute Gasteiger partial charge is 0.344 e. The minimum Gasteiger partial charge on any atom is -0.344 e. The van der Waals surface area contributed by atoms with Crippen LogP contribution in [0, 0.1) is 37.7 Å². The summed E-state index contributed by atoms with van der Waals surface area (Å²) in [6, 6.07) is 0. The van der Waals surface area contributed by atoms with E-state index in [0.717, 1.165) is 0 Å². The Morgan fingerprint density at radius 3 is 1.00 bits per heavy atom. The van der Waals surface area contributed by atoms with Gasteiger partial charge in [-0.15, -0.1) is 0 Å². The minimum absolute atomic E-state index is 0. The number of hydrogen-bond acceptors (Lipinski definition) is 1. The summed E-state index contributed by atoms with van der Waals surface area (Å²) in [6.45, 7) is 8.25. The van der Waals surface area contributed by atoms with Gasteiger partial charge in [0.05, 0.1) is 0 Å². The van der Waals surface area contributed by atoms with Gasteiger partial charge in [-0.3, -0.25) is 0 Å². The van der Waals surface area contributed by atoms with Crippen LogP contribution in [0.1, 0.15) is 41.5 Å². The quantitative estimate of drug-likeness (QED) is 0.560. The van der Waals surface area contributed by atoms with Crippen LogP contribution in [0.25, 0.3) is 0 Å². The molecule has 2 heteroatoms. The Bertz CT molecular complexity index is 8.49. The molecule has 0 aromatic carbocycles. The molecule has 0 saturated carbocycles. The van der Waals surface area contributed by atoms with Crippen molar-refractivity contribution in [3.05, 3.63) is 0 Å². The molecule has 0 rings (SSSR count). The average molecular weight is 147 g/mol. The number of rotatable bonds is 0. The molecular weight excluding hydrogens is 126 g/mol. The van der Waals surface area contributed by atoms with Gasteiger partial charge in [-0.05, 0) is 0 Å². The molecule has 0 atom stereocenters. The van der Waals surface area contributed by atoms with Crippen molar-refractivity contribution in [1.29, 1.82) is 0 Å². The first kappa shape index (κ1) is 35.0. The third-order valence-corrected chi connectivity index (χ3v) is 0. The van der Waals surface area contributed by atoms with Crippen molar-refractivity contribution in [2.75, 3.05) is 0 Å². The molecule has 0 aromatic rings. The van der Waals surface area contributed by atoms with Crippen molar-refractivity contribution in [2.45, 2.75) is 41.5 Å². The SMILES string of the molecule is C.CC.CCC.N.[Ar]. The summed E-state index contributed by atoms with van der Waals surface area (Å²) in [7, 11) is 0. The molecule has 0 aromatic heterocycles. The van der Waals surface area contributed by atoms with Crippen LogP contribution in [-0.4, -0.2) is 0 Å². The van der Waals surface area contributed by atoms with Crippen molar-refractivity contribution < 1.29 is 37.7 Å². The summed E-state index contributed by atoms with van der Waals surface area (Å²) in [5.41, 5.74) is 0. The van der Waals surface area contributed by atoms with Crippen molar-refractivity contribution in [2.24, 2.45) is 0 Å². The van der Waals surface area contributed by atoms with E-state index >= 15 is 0 Å². The average Bonchev–Trinajstić information content (AvgIpc) is 1.46. The zero-order valence-electron chi connectivity index (χ0n) is 5.77. The van der Waals surface area contributed by atoms with Crippen LogP contribution in [0.5, 0.6) is 0 Å². The molecule has 0 spiro atoms. The summed E-state index contributed by atoms with van der Waals surface area (Å²) >= 11 is 0. The van der Waals surface area contributed by atoms with Crippen molar-refractivity contribution >= 4 is 0 Å². The van der Waals surface area contributed by atoms with Crippen molar-refractivity contribution in [3.63, 3.8) is 0 Å². The van der Waals surface area contributed by atoms with Gasteiger partial charge in [-0.1, -0.05) is 41.5 Å². The first-order chi connectivity index (χ1) is 2.41. The normalized spacial score (nSPS) is 3.00. The van der Waals surface area contributed by atoms with E-state index < -0.39 is 0 Å². The van der Waals surface area contributed by atoms with E-state index in [1.165, 1.54) is 6.42 Å². The van der Waals surface area contributed by atoms with Crippen LogP contribution >= 0.6 is 0 Å². The molecule has 58 valence electrons. The first-order valence-electron chi connectivity index (χ1n) is 2.41. The van der Waals surface area contributed by atoms with Gasteiger partial charge in [0, 0.05) is 37.7 Å². The Labute approximate surface area is 84.8 Å². The maximum Gasteiger partial charge on any atom is 0 e. The molecule has 3 N–H and O–H groups in total. The Balaban J connectivity index is -0.00000000567. The van der Waals surface area contributed by atoms with Gasteiger partial charge >= 0.3 is 0 Å². The van der Waals surface area contributed by atoms with Gasteiger partial charge in [0.1, 0.15) is 0 Å². The zero-order chi connectivity index (χ0) is 4.71. The van der Waals surface area contributed by atoms with Crippen LogP contribution in [0.15, 0.2) is 0 Å². The van der Waals surface area contributed by atoms with Crippen LogP contribution < -0.4 is 6.15 Å². The second-order valence-corrected chi connectivity index (χ2v) is 0.707. The summed E-state index contributed by atoms with van der Waals surface area (Å²) in [4.78, 5) is 0. The Morgan fingerprint density at radius 2 is 1.00 bits per heavy atom. The Hall–Kier alpha value is 1.22. The van der Waals surface area contributed by atoms with Crippen LogP contribution in [0.3, 0.4) is 0 Å². The molecule has 0 heterocycles. The molecule has 0 saturated heterocycles. The Morgan fingerprint density at radius 1 is 1.00 bits per heavy atom. The molecule has 0 radical (unpaired) electrons. The fraction of sp³-hybridized carbons (Fsp3) is 1.00. The van der Waals surface area contributed by atoms with Gasteiger partial charge < -0.3 is 6.15 Å². The van der Waals surface area contributed by atoms with E-state index in [0.29, 0.717) is 0 Å². The van der Waals surface area contributed by atoms with Gasteiger partial charge in [0.25, 0.3) is 0 Å². The molecule has 8 heavy (non-hydrogen) atoms. The molecule has 0 amide bonds. The maximum atomic E-state index is 2.12. The van der Waals surface area contributed by atoms with E-state index in [1.54, 1.807) is 0 Å². The maximum absolute atomic E-state index is 2.12. The predicted octanol–water partition coefficient (Wildman–Crippen LogP) is 3.24. The summed E-state index contributed by atoms with van der Waals surface area (Å²) < 4.78 is 0. The van der Waals surface area contributed by atoms with E-state index in [9.17, 15) is 0 Å². The smallest absolute Gasteiger partial charge is 0 e. The first-order valence-corrected chi connectivity index (χ1v) is 2.41. The summed E-state index contributed by atoms with van der Waals surface area (Å²) in [6.07, 6.45) is 1.25. The fourth-order valence-corrected chi connectivity index (χ4v) is 0. The third-order valence-electron chi connectivity index (χ3n) is 0. The zero-order valence-corrected chi connectivity index (χ0v) is 6.47. The molecule has 0 bridgehead atoms. The molecule has 0 fully saturated rings. The van der Waals surface area contributed by atoms with Crippen LogP contribution in [0.2, 0.25) is 0 Å². The van der Waals surface area contributed by atoms with Crippen molar-refractivity contribution in [3.8, 4) is 0 Å².